The van der Waals surface area contributed by atoms with Crippen LogP contribution in [0.3, 0.4) is 0 Å². The quantitative estimate of drug-likeness (QED) is 0.184. The van der Waals surface area contributed by atoms with E-state index in [0.29, 0.717) is 23.0 Å². The molecule has 3 heterocycles. The van der Waals surface area contributed by atoms with E-state index in [1.807, 2.05) is 84.9 Å². The topological polar surface area (TPSA) is 72.3 Å². The minimum atomic E-state index is 0.575. The van der Waals surface area contributed by atoms with Gasteiger partial charge in [-0.2, -0.15) is 5.26 Å². The zero-order chi connectivity index (χ0) is 34.6. The third kappa shape index (κ3) is 4.61. The molecule has 0 spiro atoms. The first-order valence-electron chi connectivity index (χ1n) is 17.2. The second kappa shape index (κ2) is 11.9. The lowest BCUT2D eigenvalue weighted by atomic mass is 10.1. The number of fused-ring (bicyclic) bond motifs is 7. The van der Waals surface area contributed by atoms with E-state index >= 15 is 0 Å². The van der Waals surface area contributed by atoms with Crippen LogP contribution >= 0.6 is 0 Å². The van der Waals surface area contributed by atoms with Gasteiger partial charge in [0.1, 0.15) is 0 Å². The molecule has 0 N–H and O–H groups in total. The molecule has 7 aromatic carbocycles. The van der Waals surface area contributed by atoms with Crippen molar-refractivity contribution in [3.8, 4) is 51.6 Å². The van der Waals surface area contributed by atoms with Crippen LogP contribution in [0.15, 0.2) is 170 Å². The molecule has 3 aromatic heterocycles. The van der Waals surface area contributed by atoms with Gasteiger partial charge in [0, 0.05) is 43.9 Å². The van der Waals surface area contributed by atoms with E-state index in [2.05, 4.69) is 100 Å². The lowest BCUT2D eigenvalue weighted by Gasteiger charge is -2.15. The highest BCUT2D eigenvalue weighted by atomic mass is 15.1. The number of hydrogen-bond acceptors (Lipinski definition) is 4. The maximum absolute atomic E-state index is 9.99. The summed E-state index contributed by atoms with van der Waals surface area (Å²) in [4.78, 5) is 15.2. The van der Waals surface area contributed by atoms with E-state index in [4.69, 9.17) is 15.0 Å². The Balaban J connectivity index is 1.33. The van der Waals surface area contributed by atoms with Crippen molar-refractivity contribution in [2.75, 3.05) is 0 Å². The van der Waals surface area contributed by atoms with Gasteiger partial charge in [0.15, 0.2) is 17.5 Å². The van der Waals surface area contributed by atoms with Crippen LogP contribution < -0.4 is 0 Å². The van der Waals surface area contributed by atoms with E-state index < -0.39 is 0 Å². The molecule has 6 heteroatoms. The van der Waals surface area contributed by atoms with Crippen LogP contribution in [0.4, 0.5) is 0 Å². The van der Waals surface area contributed by atoms with Gasteiger partial charge in [0.2, 0.25) is 0 Å². The molecule has 0 saturated carbocycles. The molecule has 0 aliphatic carbocycles. The van der Waals surface area contributed by atoms with Crippen molar-refractivity contribution >= 4 is 43.6 Å². The molecule has 242 valence electrons. The molecule has 0 unspecified atom stereocenters. The molecule has 0 aliphatic heterocycles. The highest BCUT2D eigenvalue weighted by Crippen LogP contribution is 2.43. The zero-order valence-electron chi connectivity index (χ0n) is 27.8. The maximum Gasteiger partial charge on any atom is 0.166 e. The van der Waals surface area contributed by atoms with E-state index in [-0.39, 0.29) is 0 Å². The Bertz CT molecular complexity index is 2950. The molecule has 52 heavy (non-hydrogen) atoms. The summed E-state index contributed by atoms with van der Waals surface area (Å²) >= 11 is 0. The van der Waals surface area contributed by atoms with Crippen molar-refractivity contribution in [3.05, 3.63) is 175 Å². The lowest BCUT2D eigenvalue weighted by Crippen LogP contribution is -2.03. The van der Waals surface area contributed by atoms with Crippen molar-refractivity contribution in [1.29, 1.82) is 5.26 Å². The minimum absolute atomic E-state index is 0.575. The standard InChI is InChI=1S/C46H28N6/c47-29-30-24-26-40-37(28-30)34-25-27-41-42(35-20-10-12-22-38(35)51(41)33-18-8-3-9-19-33)43(34)52(40)39-23-13-11-21-36(39)46-49-44(31-14-4-1-5-15-31)48-45(50-46)32-16-6-2-7-17-32/h1-28H. The van der Waals surface area contributed by atoms with Gasteiger partial charge in [-0.3, -0.25) is 0 Å². The Morgan fingerprint density at radius 1 is 0.442 bits per heavy atom. The van der Waals surface area contributed by atoms with E-state index in [9.17, 15) is 5.26 Å². The molecule has 10 rings (SSSR count). The number of nitrogens with zero attached hydrogens (tertiary/aromatic N) is 6. The fraction of sp³-hybridized carbons (Fsp3) is 0. The van der Waals surface area contributed by atoms with Crippen molar-refractivity contribution in [3.63, 3.8) is 0 Å². The van der Waals surface area contributed by atoms with Crippen LogP contribution in [-0.4, -0.2) is 24.1 Å². The summed E-state index contributed by atoms with van der Waals surface area (Å²) in [6.07, 6.45) is 0. The normalized spacial score (nSPS) is 11.4. The summed E-state index contributed by atoms with van der Waals surface area (Å²) in [6.45, 7) is 0. The average molecular weight is 665 g/mol. The highest BCUT2D eigenvalue weighted by Gasteiger charge is 2.23. The minimum Gasteiger partial charge on any atom is -0.309 e. The Kier molecular flexibility index (Phi) is 6.76. The van der Waals surface area contributed by atoms with E-state index in [1.165, 1.54) is 0 Å². The third-order valence-electron chi connectivity index (χ3n) is 9.79. The van der Waals surface area contributed by atoms with Gasteiger partial charge in [-0.25, -0.2) is 15.0 Å². The number of para-hydroxylation sites is 3. The van der Waals surface area contributed by atoms with Crippen LogP contribution in [0, 0.1) is 11.3 Å². The predicted octanol–water partition coefficient (Wildman–Crippen LogP) is 10.9. The summed E-state index contributed by atoms with van der Waals surface area (Å²) in [6, 6.07) is 60.2. The number of aromatic nitrogens is 5. The predicted molar refractivity (Wildman–Crippen MR) is 210 cm³/mol. The van der Waals surface area contributed by atoms with E-state index in [0.717, 1.165) is 71.7 Å². The smallest absolute Gasteiger partial charge is 0.166 e. The molecule has 0 amide bonds. The molecule has 0 atom stereocenters. The molecular formula is C46H28N6. The summed E-state index contributed by atoms with van der Waals surface area (Å²) < 4.78 is 4.67. The zero-order valence-corrected chi connectivity index (χ0v) is 27.8. The second-order valence-corrected chi connectivity index (χ2v) is 12.8. The van der Waals surface area contributed by atoms with Gasteiger partial charge >= 0.3 is 0 Å². The largest absolute Gasteiger partial charge is 0.309 e. The molecule has 0 saturated heterocycles. The van der Waals surface area contributed by atoms with Crippen molar-refractivity contribution in [1.82, 2.24) is 24.1 Å². The Hall–Kier alpha value is -7.36. The van der Waals surface area contributed by atoms with Crippen LogP contribution in [0.25, 0.3) is 89.2 Å². The van der Waals surface area contributed by atoms with Gasteiger partial charge in [0.05, 0.1) is 39.4 Å². The third-order valence-corrected chi connectivity index (χ3v) is 9.79. The number of hydrogen-bond donors (Lipinski definition) is 0. The Morgan fingerprint density at radius 2 is 1.02 bits per heavy atom. The fourth-order valence-corrected chi connectivity index (χ4v) is 7.52. The van der Waals surface area contributed by atoms with Crippen molar-refractivity contribution in [2.45, 2.75) is 0 Å². The van der Waals surface area contributed by atoms with Crippen LogP contribution in [0.1, 0.15) is 5.56 Å². The SMILES string of the molecule is N#Cc1ccc2c(c1)c1ccc3c(c4ccccc4n3-c3ccccc3)c1n2-c1ccccc1-c1nc(-c2ccccc2)nc(-c2ccccc2)n1. The first kappa shape index (κ1) is 29.5. The van der Waals surface area contributed by atoms with Gasteiger partial charge in [0.25, 0.3) is 0 Å². The van der Waals surface area contributed by atoms with Gasteiger partial charge < -0.3 is 9.13 Å². The summed E-state index contributed by atoms with van der Waals surface area (Å²) in [5.74, 6) is 1.78. The maximum atomic E-state index is 9.99. The van der Waals surface area contributed by atoms with Crippen LogP contribution in [0.2, 0.25) is 0 Å². The first-order valence-corrected chi connectivity index (χ1v) is 17.2. The second-order valence-electron chi connectivity index (χ2n) is 12.8. The van der Waals surface area contributed by atoms with Crippen LogP contribution in [0.5, 0.6) is 0 Å². The van der Waals surface area contributed by atoms with Crippen molar-refractivity contribution in [2.24, 2.45) is 0 Å². The molecule has 0 radical (unpaired) electrons. The Labute approximate surface area is 299 Å². The summed E-state index contributed by atoms with van der Waals surface area (Å²) in [5, 5.41) is 14.3. The fourth-order valence-electron chi connectivity index (χ4n) is 7.52. The summed E-state index contributed by atoms with van der Waals surface area (Å²) in [7, 11) is 0. The van der Waals surface area contributed by atoms with Crippen LogP contribution in [-0.2, 0) is 0 Å². The molecule has 0 aliphatic rings. The van der Waals surface area contributed by atoms with E-state index in [1.54, 1.807) is 0 Å². The summed E-state index contributed by atoms with van der Waals surface area (Å²) in [5.41, 5.74) is 9.60. The average Bonchev–Trinajstić information content (AvgIpc) is 3.74. The number of benzene rings is 7. The van der Waals surface area contributed by atoms with Gasteiger partial charge in [-0.15, -0.1) is 0 Å². The number of nitriles is 1. The molecule has 0 fully saturated rings. The highest BCUT2D eigenvalue weighted by molar-refractivity contribution is 6.26. The molecular weight excluding hydrogens is 637 g/mol. The van der Waals surface area contributed by atoms with Crippen molar-refractivity contribution < 1.29 is 0 Å². The van der Waals surface area contributed by atoms with Gasteiger partial charge in [-0.1, -0.05) is 115 Å². The molecule has 0 bridgehead atoms. The number of rotatable bonds is 5. The molecule has 10 aromatic rings. The first-order chi connectivity index (χ1) is 25.8. The Morgan fingerprint density at radius 3 is 1.73 bits per heavy atom. The van der Waals surface area contributed by atoms with Gasteiger partial charge in [-0.05, 0) is 54.6 Å². The lowest BCUT2D eigenvalue weighted by molar-refractivity contribution is 1.06. The molecule has 6 nitrogen and oxygen atoms in total. The monoisotopic (exact) mass is 664 g/mol.